The van der Waals surface area contributed by atoms with E-state index in [1.165, 1.54) is 18.2 Å². The van der Waals surface area contributed by atoms with Crippen molar-refractivity contribution in [2.75, 3.05) is 0 Å². The van der Waals surface area contributed by atoms with Gasteiger partial charge >= 0.3 is 0 Å². The first-order chi connectivity index (χ1) is 11.7. The summed E-state index contributed by atoms with van der Waals surface area (Å²) in [5.74, 6) is -3.46. The van der Waals surface area contributed by atoms with E-state index in [9.17, 15) is 25.2 Å². The molecule has 0 spiro atoms. The van der Waals surface area contributed by atoms with E-state index in [4.69, 9.17) is 0 Å². The van der Waals surface area contributed by atoms with Crippen LogP contribution in [0.1, 0.15) is 25.8 Å². The molecule has 1 unspecified atom stereocenters. The molecular weight excluding hydrogens is 320 g/mol. The van der Waals surface area contributed by atoms with E-state index in [2.05, 4.69) is 0 Å². The van der Waals surface area contributed by atoms with Crippen LogP contribution in [0.25, 0.3) is 5.76 Å². The molecule has 0 bridgehead atoms. The number of hydrogen-bond acceptors (Lipinski definition) is 5. The molecule has 4 N–H and O–H groups in total. The van der Waals surface area contributed by atoms with Crippen molar-refractivity contribution in [2.45, 2.75) is 32.2 Å². The molecule has 1 aliphatic carbocycles. The first kappa shape index (κ1) is 18.9. The number of carbonyl (C=O) groups excluding carboxylic acids is 1. The van der Waals surface area contributed by atoms with Crippen LogP contribution in [0.5, 0.6) is 0 Å². The number of benzene rings is 1. The number of Topliss-reactive ketones (excluding diaryl/α,β-unsaturated/α-hetero) is 1. The molecule has 1 atom stereocenters. The Hall–Kier alpha value is -2.47. The fourth-order valence-corrected chi connectivity index (χ4v) is 2.41. The molecule has 0 aromatic heterocycles. The third-order valence-electron chi connectivity index (χ3n) is 3.94. The van der Waals surface area contributed by atoms with Crippen molar-refractivity contribution in [3.8, 4) is 0 Å². The lowest BCUT2D eigenvalue weighted by atomic mass is 9.84. The van der Waals surface area contributed by atoms with E-state index in [-0.39, 0.29) is 23.3 Å². The maximum Gasteiger partial charge on any atom is 0.221 e. The lowest BCUT2D eigenvalue weighted by molar-refractivity contribution is -0.199. The van der Waals surface area contributed by atoms with Gasteiger partial charge in [0.25, 0.3) is 0 Å². The van der Waals surface area contributed by atoms with Gasteiger partial charge in [0.1, 0.15) is 5.76 Å². The zero-order chi connectivity index (χ0) is 18.6. The van der Waals surface area contributed by atoms with Crippen LogP contribution in [-0.2, 0) is 4.79 Å². The summed E-state index contributed by atoms with van der Waals surface area (Å²) in [5.41, 5.74) is 1.75. The number of allylic oxidation sites excluding steroid dienone is 5. The van der Waals surface area contributed by atoms with Crippen molar-refractivity contribution in [3.05, 3.63) is 76.9 Å². The molecule has 5 nitrogen and oxygen atoms in total. The number of rotatable bonds is 4. The summed E-state index contributed by atoms with van der Waals surface area (Å²) >= 11 is 0. The lowest BCUT2D eigenvalue weighted by Gasteiger charge is -2.32. The van der Waals surface area contributed by atoms with Crippen LogP contribution in [0.3, 0.4) is 0 Å². The molecule has 0 aliphatic heterocycles. The minimum atomic E-state index is -2.61. The highest BCUT2D eigenvalue weighted by Crippen LogP contribution is 2.31. The van der Waals surface area contributed by atoms with E-state index < -0.39 is 17.7 Å². The average molecular weight is 342 g/mol. The number of aliphatic hydroxyl groups is 4. The number of ketones is 1. The molecule has 5 heteroatoms. The average Bonchev–Trinajstić information content (AvgIpc) is 2.58. The van der Waals surface area contributed by atoms with E-state index in [1.54, 1.807) is 30.3 Å². The highest BCUT2D eigenvalue weighted by Gasteiger charge is 2.45. The molecule has 1 aliphatic rings. The zero-order valence-corrected chi connectivity index (χ0v) is 14.2. The number of hydrogen-bond donors (Lipinski definition) is 4. The van der Waals surface area contributed by atoms with Crippen LogP contribution >= 0.6 is 0 Å². The van der Waals surface area contributed by atoms with Crippen molar-refractivity contribution in [3.63, 3.8) is 0 Å². The van der Waals surface area contributed by atoms with E-state index in [0.717, 1.165) is 5.57 Å². The summed E-state index contributed by atoms with van der Waals surface area (Å²) in [6.07, 6.45) is 4.01. The number of aliphatic hydroxyl groups excluding tert-OH is 2. The van der Waals surface area contributed by atoms with Crippen LogP contribution in [0.4, 0.5) is 0 Å². The Morgan fingerprint density at radius 2 is 1.84 bits per heavy atom. The van der Waals surface area contributed by atoms with Crippen LogP contribution in [0, 0.1) is 0 Å². The second kappa shape index (κ2) is 7.61. The largest absolute Gasteiger partial charge is 0.507 e. The first-order valence-corrected chi connectivity index (χ1v) is 7.91. The summed E-state index contributed by atoms with van der Waals surface area (Å²) in [6.45, 7) is 3.72. The Morgan fingerprint density at radius 1 is 1.20 bits per heavy atom. The Bertz CT molecular complexity index is 763. The van der Waals surface area contributed by atoms with Crippen molar-refractivity contribution >= 4 is 11.5 Å². The van der Waals surface area contributed by atoms with Crippen LogP contribution in [0.2, 0.25) is 0 Å². The zero-order valence-electron chi connectivity index (χ0n) is 14.2. The van der Waals surface area contributed by atoms with Crippen molar-refractivity contribution in [2.24, 2.45) is 0 Å². The van der Waals surface area contributed by atoms with Gasteiger partial charge in [0.05, 0.1) is 0 Å². The van der Waals surface area contributed by atoms with Gasteiger partial charge in [-0.2, -0.15) is 0 Å². The molecule has 0 saturated carbocycles. The fraction of sp³-hybridized carbons (Fsp3) is 0.250. The first-order valence-electron chi connectivity index (χ1n) is 7.91. The van der Waals surface area contributed by atoms with Gasteiger partial charge in [-0.05, 0) is 44.1 Å². The minimum Gasteiger partial charge on any atom is -0.507 e. The topological polar surface area (TPSA) is 98.0 Å². The molecule has 0 radical (unpaired) electrons. The smallest absolute Gasteiger partial charge is 0.221 e. The van der Waals surface area contributed by atoms with Crippen LogP contribution in [0.15, 0.2) is 71.4 Å². The highest BCUT2D eigenvalue weighted by molar-refractivity contribution is 6.04. The maximum atomic E-state index is 12.2. The second-order valence-corrected chi connectivity index (χ2v) is 6.19. The Balaban J connectivity index is 2.39. The van der Waals surface area contributed by atoms with Gasteiger partial charge in [-0.1, -0.05) is 42.0 Å². The molecule has 0 fully saturated rings. The quantitative estimate of drug-likeness (QED) is 0.292. The third kappa shape index (κ3) is 4.33. The molecule has 0 amide bonds. The Morgan fingerprint density at radius 3 is 2.44 bits per heavy atom. The maximum absolute atomic E-state index is 12.2. The van der Waals surface area contributed by atoms with Gasteiger partial charge in [-0.3, -0.25) is 4.79 Å². The van der Waals surface area contributed by atoms with Gasteiger partial charge in [-0.25, -0.2) is 0 Å². The predicted molar refractivity (Wildman–Crippen MR) is 95.4 cm³/mol. The van der Waals surface area contributed by atoms with Gasteiger partial charge < -0.3 is 20.4 Å². The van der Waals surface area contributed by atoms with E-state index in [0.29, 0.717) is 5.56 Å². The fourth-order valence-electron chi connectivity index (χ4n) is 2.41. The Kier molecular flexibility index (Phi) is 5.74. The Labute approximate surface area is 146 Å². The molecule has 1 aromatic rings. The summed E-state index contributed by atoms with van der Waals surface area (Å²) in [7, 11) is 0. The highest BCUT2D eigenvalue weighted by atomic mass is 16.5. The van der Waals surface area contributed by atoms with Crippen molar-refractivity contribution in [1.82, 2.24) is 0 Å². The number of carbonyl (C=O) groups is 1. The normalized spacial score (nSPS) is 21.9. The van der Waals surface area contributed by atoms with Crippen LogP contribution < -0.4 is 0 Å². The molecule has 1 aromatic carbocycles. The van der Waals surface area contributed by atoms with Gasteiger partial charge in [0.2, 0.25) is 5.79 Å². The minimum absolute atomic E-state index is 0.0422. The van der Waals surface area contributed by atoms with Crippen LogP contribution in [-0.4, -0.2) is 38.1 Å². The molecule has 2 rings (SSSR count). The standard InChI is InChI=1S/C20H22O5/c1-13(2)8-10-16-12-15(18(22)19(23)20(16,24)25)9-11-17(21)14-6-4-3-5-7-14/h3-9,11-12,19,21,23-25H,10H2,1-2H3/b15-9+,17-11-. The van der Waals surface area contributed by atoms with Crippen molar-refractivity contribution < 1.29 is 25.2 Å². The van der Waals surface area contributed by atoms with Gasteiger partial charge in [0, 0.05) is 11.1 Å². The summed E-state index contributed by atoms with van der Waals surface area (Å²) in [5, 5.41) is 40.1. The summed E-state index contributed by atoms with van der Waals surface area (Å²) in [6, 6.07) is 8.78. The lowest BCUT2D eigenvalue weighted by Crippen LogP contribution is -2.51. The summed E-state index contributed by atoms with van der Waals surface area (Å²) < 4.78 is 0. The monoisotopic (exact) mass is 342 g/mol. The third-order valence-corrected chi connectivity index (χ3v) is 3.94. The summed E-state index contributed by atoms with van der Waals surface area (Å²) in [4.78, 5) is 12.2. The SMILES string of the molecule is CC(C)=CCC1=C/C(=C\C=C(/O)c2ccccc2)C(=O)C(O)C1(O)O. The van der Waals surface area contributed by atoms with Gasteiger partial charge in [0.15, 0.2) is 11.9 Å². The van der Waals surface area contributed by atoms with Crippen molar-refractivity contribution in [1.29, 1.82) is 0 Å². The van der Waals surface area contributed by atoms with Gasteiger partial charge in [-0.15, -0.1) is 0 Å². The van der Waals surface area contributed by atoms with E-state index >= 15 is 0 Å². The van der Waals surface area contributed by atoms with E-state index in [1.807, 2.05) is 19.9 Å². The molecule has 132 valence electrons. The predicted octanol–water partition coefficient (Wildman–Crippen LogP) is 2.42. The second-order valence-electron chi connectivity index (χ2n) is 6.19. The molecule has 25 heavy (non-hydrogen) atoms. The molecule has 0 heterocycles. The molecule has 0 saturated heterocycles. The molecular formula is C20H22O5.